The van der Waals surface area contributed by atoms with Crippen LogP contribution in [0.1, 0.15) is 22.7 Å². The zero-order valence-corrected chi connectivity index (χ0v) is 12.1. The average molecular weight is 291 g/mol. The van der Waals surface area contributed by atoms with Crippen molar-refractivity contribution in [3.8, 4) is 5.75 Å². The molecule has 112 valence electrons. The minimum absolute atomic E-state index is 0.0484. The van der Waals surface area contributed by atoms with Gasteiger partial charge in [0.1, 0.15) is 5.75 Å². The number of aryl methyl sites for hydroxylation is 1. The van der Waals surface area contributed by atoms with Crippen LogP contribution in [0.5, 0.6) is 5.75 Å². The molecule has 2 nitrogen and oxygen atoms in total. The molecule has 0 bridgehead atoms. The highest BCUT2D eigenvalue weighted by Crippen LogP contribution is 2.24. The van der Waals surface area contributed by atoms with Gasteiger partial charge in [-0.1, -0.05) is 36.4 Å². The fourth-order valence-electron chi connectivity index (χ4n) is 2.35. The summed E-state index contributed by atoms with van der Waals surface area (Å²) in [5.74, 6) is 0.188. The molecule has 0 saturated heterocycles. The van der Waals surface area contributed by atoms with E-state index in [0.29, 0.717) is 0 Å². The summed E-state index contributed by atoms with van der Waals surface area (Å²) in [6, 6.07) is 15.1. The van der Waals surface area contributed by atoms with Crippen molar-refractivity contribution in [2.75, 3.05) is 7.05 Å². The van der Waals surface area contributed by atoms with E-state index in [1.54, 1.807) is 12.1 Å². The summed E-state index contributed by atoms with van der Waals surface area (Å²) >= 11 is 0. The van der Waals surface area contributed by atoms with Gasteiger partial charge in [-0.15, -0.1) is 0 Å². The lowest BCUT2D eigenvalue weighted by Crippen LogP contribution is -2.19. The highest BCUT2D eigenvalue weighted by atomic mass is 19.3. The summed E-state index contributed by atoms with van der Waals surface area (Å²) in [7, 11) is 1.86. The van der Waals surface area contributed by atoms with Crippen LogP contribution in [0.2, 0.25) is 0 Å². The summed E-state index contributed by atoms with van der Waals surface area (Å²) in [5.41, 5.74) is 3.38. The molecule has 0 amide bonds. The van der Waals surface area contributed by atoms with E-state index in [-0.39, 0.29) is 11.8 Å². The Morgan fingerprint density at radius 1 is 1.10 bits per heavy atom. The topological polar surface area (TPSA) is 21.3 Å². The molecular formula is C17H19F2NO. The zero-order valence-electron chi connectivity index (χ0n) is 12.1. The molecule has 2 aromatic rings. The molecule has 0 aromatic heterocycles. The summed E-state index contributed by atoms with van der Waals surface area (Å²) in [4.78, 5) is 0. The molecule has 0 aliphatic rings. The first-order chi connectivity index (χ1) is 10.1. The summed E-state index contributed by atoms with van der Waals surface area (Å²) in [6.45, 7) is -0.733. The quantitative estimate of drug-likeness (QED) is 0.865. The molecule has 2 rings (SSSR count). The van der Waals surface area contributed by atoms with E-state index in [1.807, 2.05) is 25.2 Å². The van der Waals surface area contributed by atoms with Crippen molar-refractivity contribution in [1.29, 1.82) is 0 Å². The van der Waals surface area contributed by atoms with E-state index in [4.69, 9.17) is 0 Å². The Labute approximate surface area is 123 Å². The van der Waals surface area contributed by atoms with Crippen molar-refractivity contribution in [3.05, 3.63) is 65.2 Å². The molecule has 0 aliphatic heterocycles. The van der Waals surface area contributed by atoms with Crippen LogP contribution in [0.25, 0.3) is 0 Å². The number of rotatable bonds is 6. The molecule has 0 radical (unpaired) electrons. The number of nitrogens with one attached hydrogen (secondary N) is 1. The van der Waals surface area contributed by atoms with Crippen LogP contribution in [0.4, 0.5) is 8.78 Å². The van der Waals surface area contributed by atoms with Gasteiger partial charge >= 0.3 is 6.61 Å². The van der Waals surface area contributed by atoms with Crippen molar-refractivity contribution >= 4 is 0 Å². The van der Waals surface area contributed by atoms with E-state index in [0.717, 1.165) is 12.0 Å². The summed E-state index contributed by atoms with van der Waals surface area (Å²) in [6.07, 6.45) is 0.793. The third-order valence-electron chi connectivity index (χ3n) is 3.52. The van der Waals surface area contributed by atoms with Gasteiger partial charge in [0.05, 0.1) is 0 Å². The van der Waals surface area contributed by atoms with Crippen LogP contribution in [-0.2, 0) is 6.42 Å². The third kappa shape index (κ3) is 4.26. The summed E-state index contributed by atoms with van der Waals surface area (Å²) < 4.78 is 29.1. The van der Waals surface area contributed by atoms with E-state index in [1.165, 1.54) is 17.2 Å². The molecule has 0 spiro atoms. The Balaban J connectivity index is 2.19. The number of hydrogen-bond acceptors (Lipinski definition) is 2. The van der Waals surface area contributed by atoms with Crippen LogP contribution in [0.3, 0.4) is 0 Å². The van der Waals surface area contributed by atoms with Crippen molar-refractivity contribution in [2.45, 2.75) is 26.0 Å². The standard InChI is InChI=1S/C17H19F2NO/c1-12-6-3-4-7-13(12)11-16(20-2)14-8-5-9-15(10-14)21-17(18)19/h3-10,16-17,20H,11H2,1-2H3. The first-order valence-corrected chi connectivity index (χ1v) is 6.86. The number of ether oxygens (including phenoxy) is 1. The molecule has 1 N–H and O–H groups in total. The Hall–Kier alpha value is -1.94. The van der Waals surface area contributed by atoms with Gasteiger partial charge in [-0.05, 0) is 49.2 Å². The highest BCUT2D eigenvalue weighted by Gasteiger charge is 2.13. The normalized spacial score (nSPS) is 12.4. The van der Waals surface area contributed by atoms with Crippen LogP contribution < -0.4 is 10.1 Å². The maximum Gasteiger partial charge on any atom is 0.387 e. The second-order valence-electron chi connectivity index (χ2n) is 4.92. The van der Waals surface area contributed by atoms with Crippen LogP contribution in [-0.4, -0.2) is 13.7 Å². The molecule has 0 saturated carbocycles. The Morgan fingerprint density at radius 3 is 2.52 bits per heavy atom. The monoisotopic (exact) mass is 291 g/mol. The minimum Gasteiger partial charge on any atom is -0.435 e. The van der Waals surface area contributed by atoms with Crippen molar-refractivity contribution in [3.63, 3.8) is 0 Å². The number of hydrogen-bond donors (Lipinski definition) is 1. The Bertz CT molecular complexity index is 587. The SMILES string of the molecule is CNC(Cc1ccccc1C)c1cccc(OC(F)F)c1. The molecule has 0 aliphatic carbocycles. The first kappa shape index (κ1) is 15.4. The number of likely N-dealkylation sites (N-methyl/N-ethyl adjacent to an activating group) is 1. The molecular weight excluding hydrogens is 272 g/mol. The molecule has 0 fully saturated rings. The summed E-state index contributed by atoms with van der Waals surface area (Å²) in [5, 5.41) is 3.23. The van der Waals surface area contributed by atoms with Gasteiger partial charge in [0.15, 0.2) is 0 Å². The van der Waals surface area contributed by atoms with Gasteiger partial charge in [0.2, 0.25) is 0 Å². The fourth-order valence-corrected chi connectivity index (χ4v) is 2.35. The second-order valence-corrected chi connectivity index (χ2v) is 4.92. The highest BCUT2D eigenvalue weighted by molar-refractivity contribution is 5.33. The van der Waals surface area contributed by atoms with Gasteiger partial charge in [-0.25, -0.2) is 0 Å². The average Bonchev–Trinajstić information content (AvgIpc) is 2.46. The van der Waals surface area contributed by atoms with Crippen molar-refractivity contribution in [2.24, 2.45) is 0 Å². The lowest BCUT2D eigenvalue weighted by atomic mass is 9.96. The number of halogens is 2. The van der Waals surface area contributed by atoms with Gasteiger partial charge in [-0.2, -0.15) is 8.78 Å². The second kappa shape index (κ2) is 7.18. The number of alkyl halides is 2. The third-order valence-corrected chi connectivity index (χ3v) is 3.52. The predicted molar refractivity (Wildman–Crippen MR) is 79.8 cm³/mol. The van der Waals surface area contributed by atoms with Crippen LogP contribution in [0.15, 0.2) is 48.5 Å². The smallest absolute Gasteiger partial charge is 0.387 e. The Morgan fingerprint density at radius 2 is 1.86 bits per heavy atom. The van der Waals surface area contributed by atoms with Gasteiger partial charge in [0.25, 0.3) is 0 Å². The van der Waals surface area contributed by atoms with Crippen molar-refractivity contribution in [1.82, 2.24) is 5.32 Å². The van der Waals surface area contributed by atoms with Crippen LogP contribution in [0, 0.1) is 6.92 Å². The van der Waals surface area contributed by atoms with Gasteiger partial charge in [0, 0.05) is 6.04 Å². The molecule has 0 heterocycles. The maximum atomic E-state index is 12.3. The predicted octanol–water partition coefficient (Wildman–Crippen LogP) is 4.10. The number of benzene rings is 2. The fraction of sp³-hybridized carbons (Fsp3) is 0.294. The molecule has 1 atom stereocenters. The van der Waals surface area contributed by atoms with E-state index < -0.39 is 6.61 Å². The van der Waals surface area contributed by atoms with E-state index >= 15 is 0 Å². The molecule has 1 unspecified atom stereocenters. The van der Waals surface area contributed by atoms with Crippen LogP contribution >= 0.6 is 0 Å². The largest absolute Gasteiger partial charge is 0.435 e. The zero-order chi connectivity index (χ0) is 15.2. The molecule has 2 aromatic carbocycles. The molecule has 4 heteroatoms. The first-order valence-electron chi connectivity index (χ1n) is 6.86. The lowest BCUT2D eigenvalue weighted by molar-refractivity contribution is -0.0499. The maximum absolute atomic E-state index is 12.3. The van der Waals surface area contributed by atoms with Crippen molar-refractivity contribution < 1.29 is 13.5 Å². The van der Waals surface area contributed by atoms with E-state index in [9.17, 15) is 8.78 Å². The Kier molecular flexibility index (Phi) is 5.28. The van der Waals surface area contributed by atoms with E-state index in [2.05, 4.69) is 29.1 Å². The lowest BCUT2D eigenvalue weighted by Gasteiger charge is -2.19. The molecule has 21 heavy (non-hydrogen) atoms. The minimum atomic E-state index is -2.80. The van der Waals surface area contributed by atoms with Gasteiger partial charge in [-0.3, -0.25) is 0 Å². The van der Waals surface area contributed by atoms with Gasteiger partial charge < -0.3 is 10.1 Å².